The van der Waals surface area contributed by atoms with Gasteiger partial charge in [-0.3, -0.25) is 4.68 Å². The zero-order valence-corrected chi connectivity index (χ0v) is 28.7. The van der Waals surface area contributed by atoms with Gasteiger partial charge in [0.25, 0.3) is 0 Å². The van der Waals surface area contributed by atoms with Crippen molar-refractivity contribution in [3.8, 4) is 11.1 Å². The van der Waals surface area contributed by atoms with Crippen molar-refractivity contribution < 1.29 is 41.0 Å². The van der Waals surface area contributed by atoms with Crippen LogP contribution in [0.15, 0.2) is 49.2 Å². The molecule has 278 valence electrons. The van der Waals surface area contributed by atoms with Crippen LogP contribution in [0.25, 0.3) is 11.1 Å². The van der Waals surface area contributed by atoms with Gasteiger partial charge in [-0.1, -0.05) is 18.5 Å². The van der Waals surface area contributed by atoms with Crippen LogP contribution in [0.4, 0.5) is 48.9 Å². The van der Waals surface area contributed by atoms with E-state index in [9.17, 15) is 31.1 Å². The molecule has 3 aromatic heterocycles. The maximum absolute atomic E-state index is 13.8. The predicted molar refractivity (Wildman–Crippen MR) is 178 cm³/mol. The molecule has 52 heavy (non-hydrogen) atoms. The van der Waals surface area contributed by atoms with Crippen molar-refractivity contribution in [3.63, 3.8) is 0 Å². The number of aryl methyl sites for hydroxylation is 1. The molecule has 4 aromatic rings. The van der Waals surface area contributed by atoms with Crippen molar-refractivity contribution in [2.45, 2.75) is 69.7 Å². The number of carbonyl (C=O) groups is 1. The molecule has 0 spiro atoms. The molecule has 12 nitrogen and oxygen atoms in total. The van der Waals surface area contributed by atoms with Gasteiger partial charge in [0, 0.05) is 81.8 Å². The molecule has 1 N–H and O–H groups in total. The van der Waals surface area contributed by atoms with E-state index in [2.05, 4.69) is 20.1 Å². The van der Waals surface area contributed by atoms with Gasteiger partial charge in [-0.25, -0.2) is 19.7 Å². The maximum atomic E-state index is 13.8. The summed E-state index contributed by atoms with van der Waals surface area (Å²) >= 11 is 6.66. The van der Waals surface area contributed by atoms with Gasteiger partial charge in [0.05, 0.1) is 29.6 Å². The number of anilines is 3. The zero-order valence-electron chi connectivity index (χ0n) is 27.9. The van der Waals surface area contributed by atoms with E-state index in [0.29, 0.717) is 68.2 Å². The van der Waals surface area contributed by atoms with Gasteiger partial charge < -0.3 is 24.5 Å². The smallest absolute Gasteiger partial charge is 0.450 e. The Morgan fingerprint density at radius 2 is 1.63 bits per heavy atom. The fraction of sp³-hybridized carbons (Fsp3) is 0.455. The minimum absolute atomic E-state index is 0.105. The Morgan fingerprint density at radius 3 is 2.19 bits per heavy atom. The topological polar surface area (TPSA) is 126 Å². The van der Waals surface area contributed by atoms with E-state index in [0.717, 1.165) is 5.56 Å². The summed E-state index contributed by atoms with van der Waals surface area (Å²) in [5.74, 6) is 0.902. The third kappa shape index (κ3) is 8.26. The Hall–Kier alpha value is -4.87. The van der Waals surface area contributed by atoms with Gasteiger partial charge >= 0.3 is 18.5 Å². The molecule has 19 heteroatoms. The lowest BCUT2D eigenvalue weighted by atomic mass is 10.0. The molecule has 0 amide bonds. The predicted octanol–water partition coefficient (Wildman–Crippen LogP) is 7.09. The highest BCUT2D eigenvalue weighted by Gasteiger charge is 2.40. The summed E-state index contributed by atoms with van der Waals surface area (Å²) < 4.78 is 89.5. The second-order valence-electron chi connectivity index (χ2n) is 12.7. The summed E-state index contributed by atoms with van der Waals surface area (Å²) in [5.41, 5.74) is -1.70. The molecule has 0 radical (unpaired) electrons. The monoisotopic (exact) mass is 753 g/mol. The molecule has 2 saturated heterocycles. The first-order valence-electron chi connectivity index (χ1n) is 16.4. The standard InChI is InChI=1S/C33H34ClF6N9O3/c1-3-24-11-25(18-48(24)28-27(34)15-43-30(45-28)47-6-4-26(5-7-47)52-31(50)51)49(29-41-12-20(13-42-29)21-14-44-46(2)17-21)16-19-8-22(32(35,36)37)10-23(9-19)33(38,39)40/h8-10,12-15,17,24-26H,3-7,11,16,18H2,1-2H3,(H,50,51)/t24-,25+/m1/s1. The third-order valence-electron chi connectivity index (χ3n) is 9.22. The van der Waals surface area contributed by atoms with Crippen LogP contribution in [0.3, 0.4) is 0 Å². The fourth-order valence-corrected chi connectivity index (χ4v) is 6.84. The van der Waals surface area contributed by atoms with Crippen LogP contribution in [-0.4, -0.2) is 78.8 Å². The largest absolute Gasteiger partial charge is 0.506 e. The van der Waals surface area contributed by atoms with E-state index in [4.69, 9.17) is 26.4 Å². The minimum atomic E-state index is -5.01. The molecule has 0 bridgehead atoms. The van der Waals surface area contributed by atoms with Crippen LogP contribution in [0, 0.1) is 0 Å². The van der Waals surface area contributed by atoms with Gasteiger partial charge in [-0.15, -0.1) is 0 Å². The van der Waals surface area contributed by atoms with Crippen molar-refractivity contribution in [3.05, 3.63) is 70.9 Å². The van der Waals surface area contributed by atoms with Crippen molar-refractivity contribution in [1.82, 2.24) is 29.7 Å². The lowest BCUT2D eigenvalue weighted by Crippen LogP contribution is -2.40. The molecule has 0 aliphatic carbocycles. The summed E-state index contributed by atoms with van der Waals surface area (Å²) in [6, 6.07) is 0.873. The number of nitrogens with zero attached hydrogens (tertiary/aromatic N) is 9. The van der Waals surface area contributed by atoms with Crippen molar-refractivity contribution >= 4 is 35.5 Å². The summed E-state index contributed by atoms with van der Waals surface area (Å²) in [5, 5.41) is 13.4. The molecule has 5 heterocycles. The van der Waals surface area contributed by atoms with Gasteiger partial charge in [-0.05, 0) is 36.6 Å². The van der Waals surface area contributed by atoms with Gasteiger partial charge in [0.15, 0.2) is 5.82 Å². The van der Waals surface area contributed by atoms with E-state index in [1.54, 1.807) is 29.0 Å². The molecular formula is C33H34ClF6N9O3. The van der Waals surface area contributed by atoms with Crippen LogP contribution in [0.1, 0.15) is 49.3 Å². The summed E-state index contributed by atoms with van der Waals surface area (Å²) in [7, 11) is 1.74. The Bertz CT molecular complexity index is 1850. The number of alkyl halides is 6. The summed E-state index contributed by atoms with van der Waals surface area (Å²) in [6.45, 7) is 2.72. The molecule has 0 unspecified atom stereocenters. The molecule has 2 fully saturated rings. The van der Waals surface area contributed by atoms with E-state index in [-0.39, 0.29) is 41.7 Å². The number of rotatable bonds is 9. The molecule has 2 aliphatic rings. The molecule has 2 atom stereocenters. The number of halogens is 7. The molecule has 2 aliphatic heterocycles. The Morgan fingerprint density at radius 1 is 0.981 bits per heavy atom. The van der Waals surface area contributed by atoms with Crippen LogP contribution in [0.5, 0.6) is 0 Å². The number of hydrogen-bond donors (Lipinski definition) is 1. The quantitative estimate of drug-likeness (QED) is 0.139. The van der Waals surface area contributed by atoms with Crippen LogP contribution < -0.4 is 14.7 Å². The number of aromatic nitrogens is 6. The van der Waals surface area contributed by atoms with Gasteiger partial charge in [0.1, 0.15) is 11.1 Å². The molecule has 6 rings (SSSR count). The second-order valence-corrected chi connectivity index (χ2v) is 13.1. The van der Waals surface area contributed by atoms with Crippen molar-refractivity contribution in [1.29, 1.82) is 0 Å². The minimum Gasteiger partial charge on any atom is -0.450 e. The lowest BCUT2D eigenvalue weighted by Gasteiger charge is -2.32. The highest BCUT2D eigenvalue weighted by atomic mass is 35.5. The first-order chi connectivity index (χ1) is 24.6. The molecule has 0 saturated carbocycles. The van der Waals surface area contributed by atoms with E-state index >= 15 is 0 Å². The summed E-state index contributed by atoms with van der Waals surface area (Å²) in [4.78, 5) is 34.7. The van der Waals surface area contributed by atoms with E-state index < -0.39 is 41.8 Å². The maximum Gasteiger partial charge on any atom is 0.506 e. The second kappa shape index (κ2) is 14.6. The third-order valence-corrected chi connectivity index (χ3v) is 9.48. The van der Waals surface area contributed by atoms with Crippen molar-refractivity contribution in [2.75, 3.05) is 34.3 Å². The number of ether oxygens (including phenoxy) is 1. The van der Waals surface area contributed by atoms with E-state index in [1.807, 2.05) is 16.7 Å². The molecule has 1 aromatic carbocycles. The SMILES string of the molecule is CC[C@@H]1C[C@H](N(Cc2cc(C(F)(F)F)cc(C(F)(F)F)c2)c2ncc(-c3cnn(C)c3)cn2)CN1c1nc(N2CCC(OC(=O)O)CC2)ncc1Cl. The number of piperidine rings is 1. The van der Waals surface area contributed by atoms with E-state index in [1.165, 1.54) is 18.6 Å². The Kier molecular flexibility index (Phi) is 10.4. The first kappa shape index (κ1) is 36.9. The normalized spacial score (nSPS) is 18.6. The highest BCUT2D eigenvalue weighted by Crippen LogP contribution is 2.39. The average Bonchev–Trinajstić information content (AvgIpc) is 3.73. The van der Waals surface area contributed by atoms with Crippen LogP contribution in [-0.2, 0) is 30.7 Å². The summed E-state index contributed by atoms with van der Waals surface area (Å²) in [6.07, 6.45) is -1.98. The van der Waals surface area contributed by atoms with Crippen molar-refractivity contribution in [2.24, 2.45) is 7.05 Å². The average molecular weight is 754 g/mol. The van der Waals surface area contributed by atoms with Crippen LogP contribution in [0.2, 0.25) is 5.02 Å². The van der Waals surface area contributed by atoms with Crippen LogP contribution >= 0.6 is 11.6 Å². The Balaban J connectivity index is 1.33. The Labute approximate surface area is 299 Å². The number of hydrogen-bond acceptors (Lipinski definition) is 10. The number of carboxylic acid groups (broad SMARTS) is 1. The van der Waals surface area contributed by atoms with Gasteiger partial charge in [-0.2, -0.15) is 36.4 Å². The molecular weight excluding hydrogens is 720 g/mol. The van der Waals surface area contributed by atoms with Gasteiger partial charge in [0.2, 0.25) is 11.9 Å². The first-order valence-corrected chi connectivity index (χ1v) is 16.8. The zero-order chi connectivity index (χ0) is 37.4. The fourth-order valence-electron chi connectivity index (χ4n) is 6.64. The highest BCUT2D eigenvalue weighted by molar-refractivity contribution is 6.32. The number of benzene rings is 1. The lowest BCUT2D eigenvalue weighted by molar-refractivity contribution is -0.143.